The van der Waals surface area contributed by atoms with E-state index in [4.69, 9.17) is 25.7 Å². The van der Waals surface area contributed by atoms with Gasteiger partial charge in [-0.3, -0.25) is 9.36 Å². The van der Waals surface area contributed by atoms with Crippen molar-refractivity contribution in [1.29, 1.82) is 0 Å². The summed E-state index contributed by atoms with van der Waals surface area (Å²) in [7, 11) is 1.55. The number of para-hydroxylation sites is 2. The Labute approximate surface area is 197 Å². The van der Waals surface area contributed by atoms with Crippen molar-refractivity contribution in [3.8, 4) is 11.4 Å². The van der Waals surface area contributed by atoms with Gasteiger partial charge in [0.25, 0.3) is 5.56 Å². The van der Waals surface area contributed by atoms with Crippen LogP contribution in [0.5, 0.6) is 5.75 Å². The molecule has 8 heteroatoms. The van der Waals surface area contributed by atoms with Gasteiger partial charge in [0.2, 0.25) is 0 Å². The molecule has 0 bridgehead atoms. The van der Waals surface area contributed by atoms with E-state index >= 15 is 0 Å². The predicted molar refractivity (Wildman–Crippen MR) is 131 cm³/mol. The molecular formula is C25H17ClN2O4S. The highest BCUT2D eigenvalue weighted by Gasteiger charge is 2.16. The molecule has 0 fully saturated rings. The Morgan fingerprint density at radius 3 is 2.61 bits per heavy atom. The third-order valence-electron chi connectivity index (χ3n) is 5.23. The second kappa shape index (κ2) is 8.77. The zero-order valence-electron chi connectivity index (χ0n) is 17.4. The van der Waals surface area contributed by atoms with Gasteiger partial charge in [-0.25, -0.2) is 9.78 Å². The average Bonchev–Trinajstić information content (AvgIpc) is 2.83. The lowest BCUT2D eigenvalue weighted by atomic mass is 10.1. The van der Waals surface area contributed by atoms with Crippen LogP contribution in [0.25, 0.3) is 27.6 Å². The highest BCUT2D eigenvalue weighted by atomic mass is 35.5. The van der Waals surface area contributed by atoms with Gasteiger partial charge in [-0.2, -0.15) is 0 Å². The summed E-state index contributed by atoms with van der Waals surface area (Å²) in [5.74, 6) is 0.989. The quantitative estimate of drug-likeness (QED) is 0.191. The SMILES string of the molecule is COc1ccc2c(CSc3nc4ccccc4c(=O)n3-c3ccccc3Cl)cc(=O)oc2c1. The monoisotopic (exact) mass is 476 g/mol. The number of aromatic nitrogens is 2. The molecule has 2 heterocycles. The van der Waals surface area contributed by atoms with E-state index in [2.05, 4.69) is 0 Å². The average molecular weight is 477 g/mol. The van der Waals surface area contributed by atoms with E-state index in [1.165, 1.54) is 22.4 Å². The molecule has 2 aromatic heterocycles. The van der Waals surface area contributed by atoms with E-state index < -0.39 is 5.63 Å². The van der Waals surface area contributed by atoms with Crippen LogP contribution in [0.15, 0.2) is 92.0 Å². The van der Waals surface area contributed by atoms with E-state index in [0.29, 0.717) is 43.9 Å². The van der Waals surface area contributed by atoms with Crippen LogP contribution in [0.3, 0.4) is 0 Å². The van der Waals surface area contributed by atoms with E-state index in [-0.39, 0.29) is 5.56 Å². The van der Waals surface area contributed by atoms with Gasteiger partial charge in [0.15, 0.2) is 5.16 Å². The smallest absolute Gasteiger partial charge is 0.336 e. The maximum Gasteiger partial charge on any atom is 0.336 e. The van der Waals surface area contributed by atoms with Gasteiger partial charge in [0.1, 0.15) is 11.3 Å². The first-order chi connectivity index (χ1) is 16.0. The molecule has 0 radical (unpaired) electrons. The normalized spacial score (nSPS) is 11.2. The molecule has 0 saturated carbocycles. The van der Waals surface area contributed by atoms with Crippen LogP contribution in [0.4, 0.5) is 0 Å². The lowest BCUT2D eigenvalue weighted by Crippen LogP contribution is -2.22. The summed E-state index contributed by atoms with van der Waals surface area (Å²) in [4.78, 5) is 30.3. The number of hydrogen-bond acceptors (Lipinski definition) is 6. The third kappa shape index (κ3) is 4.01. The fourth-order valence-electron chi connectivity index (χ4n) is 3.65. The number of hydrogen-bond donors (Lipinski definition) is 0. The van der Waals surface area contributed by atoms with Gasteiger partial charge in [0.05, 0.1) is 28.7 Å². The van der Waals surface area contributed by atoms with Crippen molar-refractivity contribution in [2.45, 2.75) is 10.9 Å². The molecule has 0 unspecified atom stereocenters. The molecule has 164 valence electrons. The lowest BCUT2D eigenvalue weighted by Gasteiger charge is -2.14. The molecule has 0 aliphatic rings. The fraction of sp³-hybridized carbons (Fsp3) is 0.0800. The molecule has 0 amide bonds. The Hall–Kier alpha value is -3.55. The second-order valence-corrected chi connectivity index (χ2v) is 8.59. The molecule has 6 nitrogen and oxygen atoms in total. The molecule has 33 heavy (non-hydrogen) atoms. The van der Waals surface area contributed by atoms with Crippen molar-refractivity contribution >= 4 is 45.2 Å². The summed E-state index contributed by atoms with van der Waals surface area (Å²) in [6, 6.07) is 21.1. The van der Waals surface area contributed by atoms with Gasteiger partial charge in [0, 0.05) is 23.3 Å². The Balaban J connectivity index is 1.64. The molecule has 0 aliphatic heterocycles. The van der Waals surface area contributed by atoms with E-state index in [1.807, 2.05) is 30.3 Å². The van der Waals surface area contributed by atoms with Crippen LogP contribution in [-0.4, -0.2) is 16.7 Å². The third-order valence-corrected chi connectivity index (χ3v) is 6.54. The first-order valence-electron chi connectivity index (χ1n) is 10.1. The van der Waals surface area contributed by atoms with Crippen LogP contribution in [0.1, 0.15) is 5.56 Å². The van der Waals surface area contributed by atoms with Crippen LogP contribution in [0.2, 0.25) is 5.02 Å². The van der Waals surface area contributed by atoms with Gasteiger partial charge in [-0.1, -0.05) is 47.6 Å². The lowest BCUT2D eigenvalue weighted by molar-refractivity contribution is 0.414. The minimum Gasteiger partial charge on any atom is -0.497 e. The summed E-state index contributed by atoms with van der Waals surface area (Å²) in [5, 5.41) is 2.20. The molecule has 0 spiro atoms. The molecule has 0 saturated heterocycles. The van der Waals surface area contributed by atoms with Crippen molar-refractivity contribution in [3.05, 3.63) is 104 Å². The summed E-state index contributed by atoms with van der Waals surface area (Å²) >= 11 is 7.78. The zero-order valence-corrected chi connectivity index (χ0v) is 19.0. The zero-order chi connectivity index (χ0) is 22.9. The van der Waals surface area contributed by atoms with Gasteiger partial charge >= 0.3 is 5.63 Å². The summed E-state index contributed by atoms with van der Waals surface area (Å²) in [6.45, 7) is 0. The maximum atomic E-state index is 13.4. The second-order valence-electron chi connectivity index (χ2n) is 7.24. The molecule has 5 rings (SSSR count). The van der Waals surface area contributed by atoms with Crippen LogP contribution >= 0.6 is 23.4 Å². The first-order valence-corrected chi connectivity index (χ1v) is 11.4. The molecule has 0 aliphatic carbocycles. The number of nitrogens with zero attached hydrogens (tertiary/aromatic N) is 2. The van der Waals surface area contributed by atoms with Crippen molar-refractivity contribution in [3.63, 3.8) is 0 Å². The highest BCUT2D eigenvalue weighted by Crippen LogP contribution is 2.30. The standard InChI is InChI=1S/C25H17ClN2O4S/c1-31-16-10-11-17-15(12-23(29)32-22(17)13-16)14-33-25-27-20-8-4-2-6-18(20)24(30)28(25)21-9-5-3-7-19(21)26/h2-13H,14H2,1H3. The van der Waals surface area contributed by atoms with Crippen molar-refractivity contribution in [1.82, 2.24) is 9.55 Å². The molecule has 0 N–H and O–H groups in total. The van der Waals surface area contributed by atoms with Crippen LogP contribution in [0, 0.1) is 0 Å². The minimum atomic E-state index is -0.457. The molecule has 3 aromatic carbocycles. The van der Waals surface area contributed by atoms with Crippen LogP contribution < -0.4 is 15.9 Å². The number of thioether (sulfide) groups is 1. The van der Waals surface area contributed by atoms with Gasteiger partial charge in [-0.15, -0.1) is 0 Å². The number of benzene rings is 3. The summed E-state index contributed by atoms with van der Waals surface area (Å²) < 4.78 is 12.1. The predicted octanol–water partition coefficient (Wildman–Crippen LogP) is 5.45. The number of rotatable bonds is 5. The fourth-order valence-corrected chi connectivity index (χ4v) is 4.87. The van der Waals surface area contributed by atoms with Gasteiger partial charge < -0.3 is 9.15 Å². The Morgan fingerprint density at radius 2 is 1.79 bits per heavy atom. The topological polar surface area (TPSA) is 74.3 Å². The minimum absolute atomic E-state index is 0.210. The summed E-state index contributed by atoms with van der Waals surface area (Å²) in [5.41, 5.74) is 1.68. The van der Waals surface area contributed by atoms with E-state index in [0.717, 1.165) is 10.9 Å². The Kier molecular flexibility index (Phi) is 5.66. The number of fused-ring (bicyclic) bond motifs is 2. The van der Waals surface area contributed by atoms with Crippen molar-refractivity contribution in [2.24, 2.45) is 0 Å². The van der Waals surface area contributed by atoms with Gasteiger partial charge in [-0.05, 0) is 42.0 Å². The maximum absolute atomic E-state index is 13.4. The van der Waals surface area contributed by atoms with E-state index in [9.17, 15) is 9.59 Å². The first kappa shape index (κ1) is 21.3. The Bertz CT molecular complexity index is 1630. The summed E-state index contributed by atoms with van der Waals surface area (Å²) in [6.07, 6.45) is 0. The molecular weight excluding hydrogens is 460 g/mol. The number of methoxy groups -OCH3 is 1. The van der Waals surface area contributed by atoms with Crippen molar-refractivity contribution in [2.75, 3.05) is 7.11 Å². The van der Waals surface area contributed by atoms with Crippen LogP contribution in [-0.2, 0) is 5.75 Å². The molecule has 5 aromatic rings. The highest BCUT2D eigenvalue weighted by molar-refractivity contribution is 7.98. The van der Waals surface area contributed by atoms with E-state index in [1.54, 1.807) is 43.5 Å². The van der Waals surface area contributed by atoms with Crippen molar-refractivity contribution < 1.29 is 9.15 Å². The Morgan fingerprint density at radius 1 is 1.00 bits per heavy atom. The molecule has 0 atom stereocenters. The number of ether oxygens (including phenoxy) is 1. The largest absolute Gasteiger partial charge is 0.497 e. The number of halogens is 1.